The van der Waals surface area contributed by atoms with Crippen LogP contribution in [0.4, 0.5) is 0 Å². The van der Waals surface area contributed by atoms with Crippen molar-refractivity contribution in [3.05, 3.63) is 0 Å². The molecule has 1 saturated heterocycles. The minimum absolute atomic E-state index is 0.679. The number of nitrogens with zero attached hydrogens (tertiary/aromatic N) is 1. The molecule has 0 atom stereocenters. The van der Waals surface area contributed by atoms with Gasteiger partial charge >= 0.3 is 8.80 Å². The van der Waals surface area contributed by atoms with E-state index in [1.54, 1.807) is 0 Å². The Morgan fingerprint density at radius 2 is 1.20 bits per heavy atom. The van der Waals surface area contributed by atoms with E-state index in [9.17, 15) is 0 Å². The summed E-state index contributed by atoms with van der Waals surface area (Å²) in [5, 5.41) is 0. The number of likely N-dealkylation sites (tertiary alicyclic amines) is 1. The van der Waals surface area contributed by atoms with Gasteiger partial charge in [0.2, 0.25) is 0 Å². The predicted octanol–water partition coefficient (Wildman–Crippen LogP) is -1.70. The van der Waals surface area contributed by atoms with Crippen molar-refractivity contribution >= 4 is 8.80 Å². The fourth-order valence-electron chi connectivity index (χ4n) is 3.26. The lowest BCUT2D eigenvalue weighted by atomic mass is 10.1. The summed E-state index contributed by atoms with van der Waals surface area (Å²) in [6, 6.07) is 0.955. The second-order valence-electron chi connectivity index (χ2n) is 6.00. The standard InChI is InChI=1S/C15H34NO3Si.ClHO4/c1-5-16(12-10-9-11-13-16)14-15-20(17-6-2,18-7-3)19-8-4;2-1(3,4)5/h5-15H2,1-4H3;(H,2,3,4,5)/q+1;/p-1. The van der Waals surface area contributed by atoms with E-state index in [4.69, 9.17) is 31.9 Å². The van der Waals surface area contributed by atoms with Crippen molar-refractivity contribution in [2.45, 2.75) is 53.0 Å². The van der Waals surface area contributed by atoms with Crippen LogP contribution in [0, 0.1) is 10.2 Å². The van der Waals surface area contributed by atoms with Gasteiger partial charge in [0.25, 0.3) is 0 Å². The summed E-state index contributed by atoms with van der Waals surface area (Å²) in [4.78, 5) is 0. The molecule has 1 rings (SSSR count). The first-order chi connectivity index (χ1) is 11.7. The molecule has 0 aliphatic carbocycles. The molecule has 1 aliphatic heterocycles. The summed E-state index contributed by atoms with van der Waals surface area (Å²) in [5.74, 6) is 0. The number of halogens is 1. The zero-order valence-electron chi connectivity index (χ0n) is 16.0. The summed E-state index contributed by atoms with van der Waals surface area (Å²) < 4.78 is 53.1. The number of quaternary nitrogens is 1. The molecule has 0 bridgehead atoms. The van der Waals surface area contributed by atoms with Gasteiger partial charge in [0.05, 0.1) is 32.2 Å². The summed E-state index contributed by atoms with van der Waals surface area (Å²) in [7, 11) is -7.40. The zero-order chi connectivity index (χ0) is 19.4. The molecule has 0 N–H and O–H groups in total. The maximum absolute atomic E-state index is 8.49. The van der Waals surface area contributed by atoms with Crippen LogP contribution in [0.2, 0.25) is 6.04 Å². The SMILES string of the molecule is CCO[Si](CC[N+]1(CC)CCCCC1)(OCC)OCC.[O-][Cl+3]([O-])([O-])[O-]. The van der Waals surface area contributed by atoms with Gasteiger partial charge in [0.15, 0.2) is 0 Å². The largest absolute Gasteiger partial charge is 0.506 e. The number of rotatable bonds is 10. The molecule has 0 aromatic carbocycles. The van der Waals surface area contributed by atoms with E-state index in [-0.39, 0.29) is 0 Å². The van der Waals surface area contributed by atoms with Gasteiger partial charge in [-0.2, -0.15) is 0 Å². The van der Waals surface area contributed by atoms with E-state index >= 15 is 0 Å². The first-order valence-corrected chi connectivity index (χ1v) is 12.2. The van der Waals surface area contributed by atoms with Crippen LogP contribution < -0.4 is 18.6 Å². The molecule has 152 valence electrons. The van der Waals surface area contributed by atoms with E-state index in [0.717, 1.165) is 12.6 Å². The van der Waals surface area contributed by atoms with Crippen molar-refractivity contribution in [1.29, 1.82) is 0 Å². The molecule has 0 unspecified atom stereocenters. The van der Waals surface area contributed by atoms with Gasteiger partial charge in [-0.05, 0) is 47.0 Å². The monoisotopic (exact) mass is 403 g/mol. The Morgan fingerprint density at radius 1 is 0.800 bits per heavy atom. The lowest BCUT2D eigenvalue weighted by molar-refractivity contribution is -2.00. The third-order valence-electron chi connectivity index (χ3n) is 4.42. The maximum atomic E-state index is 8.49. The van der Waals surface area contributed by atoms with Gasteiger partial charge in [-0.15, -0.1) is 10.2 Å². The Kier molecular flexibility index (Phi) is 12.6. The first-order valence-electron chi connectivity index (χ1n) is 9.04. The summed E-state index contributed by atoms with van der Waals surface area (Å²) >= 11 is 0. The van der Waals surface area contributed by atoms with Crippen molar-refractivity contribution in [1.82, 2.24) is 0 Å². The fourth-order valence-corrected chi connectivity index (χ4v) is 6.01. The number of hydrogen-bond donors (Lipinski definition) is 0. The fraction of sp³-hybridized carbons (Fsp3) is 1.00. The number of hydrogen-bond acceptors (Lipinski definition) is 7. The molecule has 1 heterocycles. The second kappa shape index (κ2) is 12.6. The van der Waals surface area contributed by atoms with E-state index in [1.165, 1.54) is 43.4 Å². The van der Waals surface area contributed by atoms with Crippen LogP contribution >= 0.6 is 0 Å². The third-order valence-corrected chi connectivity index (χ3v) is 7.44. The molecule has 0 amide bonds. The first kappa shape index (κ1) is 25.2. The van der Waals surface area contributed by atoms with Crippen molar-refractivity contribution in [2.75, 3.05) is 46.0 Å². The Morgan fingerprint density at radius 3 is 1.52 bits per heavy atom. The average molecular weight is 404 g/mol. The average Bonchev–Trinajstić information content (AvgIpc) is 2.53. The highest BCUT2D eigenvalue weighted by Crippen LogP contribution is 2.24. The summed E-state index contributed by atoms with van der Waals surface area (Å²) in [5.41, 5.74) is 0. The molecule has 25 heavy (non-hydrogen) atoms. The molecule has 8 nitrogen and oxygen atoms in total. The van der Waals surface area contributed by atoms with Crippen LogP contribution in [0.5, 0.6) is 0 Å². The van der Waals surface area contributed by atoms with Crippen molar-refractivity contribution < 1.29 is 46.6 Å². The highest BCUT2D eigenvalue weighted by Gasteiger charge is 2.43. The molecule has 10 heteroatoms. The quantitative estimate of drug-likeness (QED) is 0.315. The highest BCUT2D eigenvalue weighted by atomic mass is 35.7. The van der Waals surface area contributed by atoms with Crippen LogP contribution in [0.1, 0.15) is 47.0 Å². The molecule has 0 aromatic heterocycles. The minimum atomic E-state index is -4.94. The lowest BCUT2D eigenvalue weighted by Crippen LogP contribution is -2.68. The Labute approximate surface area is 155 Å². The summed E-state index contributed by atoms with van der Waals surface area (Å²) in [6.07, 6.45) is 4.12. The maximum Gasteiger partial charge on any atom is 0.506 e. The van der Waals surface area contributed by atoms with E-state index in [0.29, 0.717) is 19.8 Å². The van der Waals surface area contributed by atoms with Crippen molar-refractivity contribution in [3.8, 4) is 0 Å². The van der Waals surface area contributed by atoms with Crippen LogP contribution in [0.25, 0.3) is 0 Å². The Hall–Kier alpha value is 0.187. The smallest absolute Gasteiger partial charge is 0.374 e. The molecule has 0 radical (unpaired) electrons. The molecular weight excluding hydrogens is 370 g/mol. The predicted molar refractivity (Wildman–Crippen MR) is 84.7 cm³/mol. The van der Waals surface area contributed by atoms with E-state index in [1.807, 2.05) is 20.8 Å². The molecule has 0 aromatic rings. The molecular formula is C15H34ClNO7Si. The van der Waals surface area contributed by atoms with Crippen LogP contribution in [-0.2, 0) is 13.3 Å². The normalized spacial score (nSPS) is 17.8. The second-order valence-corrected chi connectivity index (χ2v) is 9.49. The topological polar surface area (TPSA) is 120 Å². The molecule has 0 spiro atoms. The molecule has 1 aliphatic rings. The summed E-state index contributed by atoms with van der Waals surface area (Å²) in [6.45, 7) is 15.4. The zero-order valence-corrected chi connectivity index (χ0v) is 17.7. The van der Waals surface area contributed by atoms with Crippen LogP contribution in [0.15, 0.2) is 0 Å². The minimum Gasteiger partial charge on any atom is -0.374 e. The van der Waals surface area contributed by atoms with Gasteiger partial charge < -0.3 is 17.8 Å². The van der Waals surface area contributed by atoms with Gasteiger partial charge in [0.1, 0.15) is 0 Å². The molecule has 1 fully saturated rings. The molecule has 0 saturated carbocycles. The van der Waals surface area contributed by atoms with Crippen LogP contribution in [-0.4, -0.2) is 59.3 Å². The van der Waals surface area contributed by atoms with Crippen LogP contribution in [0.3, 0.4) is 0 Å². The van der Waals surface area contributed by atoms with Crippen molar-refractivity contribution in [3.63, 3.8) is 0 Å². The highest BCUT2D eigenvalue weighted by molar-refractivity contribution is 6.60. The Balaban J connectivity index is 0.00000101. The van der Waals surface area contributed by atoms with Gasteiger partial charge in [-0.1, -0.05) is 0 Å². The van der Waals surface area contributed by atoms with Gasteiger partial charge in [0, 0.05) is 19.8 Å². The third kappa shape index (κ3) is 11.5. The van der Waals surface area contributed by atoms with Gasteiger partial charge in [-0.25, -0.2) is 18.6 Å². The Bertz CT molecular complexity index is 315. The van der Waals surface area contributed by atoms with Gasteiger partial charge in [-0.3, -0.25) is 0 Å². The lowest BCUT2D eigenvalue weighted by Gasteiger charge is -2.42. The van der Waals surface area contributed by atoms with E-state index < -0.39 is 19.0 Å². The van der Waals surface area contributed by atoms with Crippen molar-refractivity contribution in [2.24, 2.45) is 0 Å². The number of piperidine rings is 1. The van der Waals surface area contributed by atoms with E-state index in [2.05, 4.69) is 6.92 Å².